The molecular formula is C12H22N2O7. The Hall–Kier alpha value is -0.940. The summed E-state index contributed by atoms with van der Waals surface area (Å²) < 4.78 is 5.01. The van der Waals surface area contributed by atoms with Crippen LogP contribution in [0, 0.1) is 0 Å². The Morgan fingerprint density at radius 1 is 1.19 bits per heavy atom. The van der Waals surface area contributed by atoms with Gasteiger partial charge in [0.25, 0.3) is 0 Å². The van der Waals surface area contributed by atoms with Crippen LogP contribution in [-0.2, 0) is 14.3 Å². The van der Waals surface area contributed by atoms with Gasteiger partial charge in [-0.1, -0.05) is 0 Å². The monoisotopic (exact) mass is 306 g/mol. The summed E-state index contributed by atoms with van der Waals surface area (Å²) in [6.45, 7) is 3.86. The summed E-state index contributed by atoms with van der Waals surface area (Å²) in [6, 6.07) is -2.39. The van der Waals surface area contributed by atoms with E-state index >= 15 is 0 Å². The molecule has 1 rings (SSSR count). The fourth-order valence-electron chi connectivity index (χ4n) is 2.01. The zero-order chi connectivity index (χ0) is 16.3. The second-order valence-corrected chi connectivity index (χ2v) is 5.17. The van der Waals surface area contributed by atoms with Crippen LogP contribution in [0.3, 0.4) is 0 Å². The van der Waals surface area contributed by atoms with Gasteiger partial charge in [-0.25, -0.2) is 10.9 Å². The number of ether oxygens (including phenoxy) is 1. The third-order valence-electron chi connectivity index (χ3n) is 3.38. The van der Waals surface area contributed by atoms with Crippen LogP contribution < -0.4 is 10.9 Å². The van der Waals surface area contributed by atoms with Crippen molar-refractivity contribution >= 4 is 11.6 Å². The number of carbonyl (C=O) groups excluding carboxylic acids is 2. The van der Waals surface area contributed by atoms with Gasteiger partial charge in [0, 0.05) is 6.92 Å². The first-order chi connectivity index (χ1) is 9.66. The second kappa shape index (κ2) is 7.36. The van der Waals surface area contributed by atoms with E-state index in [1.54, 1.807) is 0 Å². The fourth-order valence-corrected chi connectivity index (χ4v) is 2.01. The number of hydrogen-bond acceptors (Lipinski definition) is 9. The molecule has 0 saturated carbocycles. The number of aliphatic hydroxyl groups excluding tert-OH is 4. The van der Waals surface area contributed by atoms with E-state index in [0.29, 0.717) is 0 Å². The molecular weight excluding hydrogens is 284 g/mol. The Kier molecular flexibility index (Phi) is 6.35. The highest BCUT2D eigenvalue weighted by molar-refractivity contribution is 6.38. The molecule has 1 unspecified atom stereocenters. The number of nitrogens with one attached hydrogen (secondary N) is 2. The van der Waals surface area contributed by atoms with Crippen molar-refractivity contribution in [2.24, 2.45) is 0 Å². The summed E-state index contributed by atoms with van der Waals surface area (Å²) in [4.78, 5) is 22.7. The molecule has 0 aromatic carbocycles. The first kappa shape index (κ1) is 18.1. The van der Waals surface area contributed by atoms with Crippen molar-refractivity contribution in [1.29, 1.82) is 0 Å². The summed E-state index contributed by atoms with van der Waals surface area (Å²) in [6.07, 6.45) is -5.98. The predicted molar refractivity (Wildman–Crippen MR) is 69.8 cm³/mol. The molecule has 0 spiro atoms. The Labute approximate surface area is 121 Å². The SMILES string of the molecule is CC(=O)C(=O)[C@@H](NN[C@H]1C(O)O[C@H](C)[C@@H](O)[C@@H]1O)[C@@H](C)O. The average Bonchev–Trinajstić information content (AvgIpc) is 2.39. The molecule has 1 saturated heterocycles. The minimum absolute atomic E-state index is 0.746. The van der Waals surface area contributed by atoms with Gasteiger partial charge in [-0.2, -0.15) is 0 Å². The average molecular weight is 306 g/mol. The third-order valence-corrected chi connectivity index (χ3v) is 3.38. The summed E-state index contributed by atoms with van der Waals surface area (Å²) in [5, 5.41) is 38.8. The zero-order valence-electron chi connectivity index (χ0n) is 12.1. The summed E-state index contributed by atoms with van der Waals surface area (Å²) in [5.41, 5.74) is 4.81. The molecule has 6 N–H and O–H groups in total. The minimum atomic E-state index is -1.44. The van der Waals surface area contributed by atoms with E-state index in [2.05, 4.69) is 10.9 Å². The Morgan fingerprint density at radius 3 is 2.24 bits per heavy atom. The summed E-state index contributed by atoms with van der Waals surface area (Å²) >= 11 is 0. The fraction of sp³-hybridized carbons (Fsp3) is 0.833. The largest absolute Gasteiger partial charge is 0.391 e. The Balaban J connectivity index is 2.71. The number of carbonyl (C=O) groups is 2. The molecule has 9 heteroatoms. The maximum absolute atomic E-state index is 11.6. The quantitative estimate of drug-likeness (QED) is 0.220. The molecule has 1 fully saturated rings. The highest BCUT2D eigenvalue weighted by Crippen LogP contribution is 2.19. The maximum atomic E-state index is 11.6. The lowest BCUT2D eigenvalue weighted by Gasteiger charge is -2.40. The predicted octanol–water partition coefficient (Wildman–Crippen LogP) is -3.18. The van der Waals surface area contributed by atoms with E-state index in [9.17, 15) is 30.0 Å². The van der Waals surface area contributed by atoms with Crippen molar-refractivity contribution in [2.45, 2.75) is 63.6 Å². The van der Waals surface area contributed by atoms with Gasteiger partial charge in [0.15, 0.2) is 12.1 Å². The lowest BCUT2D eigenvalue weighted by atomic mass is 9.98. The van der Waals surface area contributed by atoms with Gasteiger partial charge in [0.2, 0.25) is 5.78 Å². The van der Waals surface area contributed by atoms with Gasteiger partial charge in [-0.3, -0.25) is 9.59 Å². The van der Waals surface area contributed by atoms with Crippen LogP contribution in [0.2, 0.25) is 0 Å². The highest BCUT2D eigenvalue weighted by atomic mass is 16.6. The Bertz CT molecular complexity index is 390. The molecule has 0 amide bonds. The number of aliphatic hydroxyl groups is 4. The van der Waals surface area contributed by atoms with Gasteiger partial charge in [-0.05, 0) is 13.8 Å². The van der Waals surface area contributed by atoms with Crippen molar-refractivity contribution < 1.29 is 34.8 Å². The second-order valence-electron chi connectivity index (χ2n) is 5.17. The molecule has 0 bridgehead atoms. The van der Waals surface area contributed by atoms with E-state index in [4.69, 9.17) is 4.74 Å². The van der Waals surface area contributed by atoms with Crippen molar-refractivity contribution in [2.75, 3.05) is 0 Å². The summed E-state index contributed by atoms with van der Waals surface area (Å²) in [7, 11) is 0. The molecule has 0 aromatic heterocycles. The molecule has 122 valence electrons. The van der Waals surface area contributed by atoms with Crippen molar-refractivity contribution in [3.05, 3.63) is 0 Å². The number of ketones is 2. The molecule has 0 aromatic rings. The van der Waals surface area contributed by atoms with Gasteiger partial charge < -0.3 is 25.2 Å². The first-order valence-electron chi connectivity index (χ1n) is 6.60. The third kappa shape index (κ3) is 4.27. The van der Waals surface area contributed by atoms with Crippen molar-refractivity contribution in [3.63, 3.8) is 0 Å². The number of hydrogen-bond donors (Lipinski definition) is 6. The van der Waals surface area contributed by atoms with E-state index in [1.807, 2.05) is 0 Å². The maximum Gasteiger partial charge on any atom is 0.218 e. The van der Waals surface area contributed by atoms with Crippen LogP contribution in [0.1, 0.15) is 20.8 Å². The number of Topliss-reactive ketones (excluding diaryl/α,β-unsaturated/α-hetero) is 2. The Morgan fingerprint density at radius 2 is 1.76 bits per heavy atom. The van der Waals surface area contributed by atoms with E-state index in [0.717, 1.165) is 6.92 Å². The molecule has 1 aliphatic rings. The molecule has 1 aliphatic heterocycles. The van der Waals surface area contributed by atoms with Crippen LogP contribution in [-0.4, -0.2) is 74.8 Å². The van der Waals surface area contributed by atoms with Crippen LogP contribution in [0.25, 0.3) is 0 Å². The van der Waals surface area contributed by atoms with Crippen LogP contribution >= 0.6 is 0 Å². The van der Waals surface area contributed by atoms with Crippen LogP contribution in [0.15, 0.2) is 0 Å². The highest BCUT2D eigenvalue weighted by Gasteiger charge is 2.42. The van der Waals surface area contributed by atoms with Crippen LogP contribution in [0.4, 0.5) is 0 Å². The van der Waals surface area contributed by atoms with Gasteiger partial charge in [-0.15, -0.1) is 0 Å². The van der Waals surface area contributed by atoms with Crippen molar-refractivity contribution in [1.82, 2.24) is 10.9 Å². The summed E-state index contributed by atoms with van der Waals surface area (Å²) in [5.74, 6) is -1.60. The van der Waals surface area contributed by atoms with E-state index < -0.39 is 54.4 Å². The van der Waals surface area contributed by atoms with Crippen LogP contribution in [0.5, 0.6) is 0 Å². The van der Waals surface area contributed by atoms with Gasteiger partial charge in [0.05, 0.1) is 12.2 Å². The topological polar surface area (TPSA) is 148 Å². The smallest absolute Gasteiger partial charge is 0.218 e. The number of hydrazine groups is 1. The standard InChI is InChI=1S/C12H22N2O7/c1-4(15)7(9(17)5(2)16)13-14-8-11(19)10(18)6(3)21-12(8)20/h4,6-8,10-15,18-20H,1-3H3/t4-,6-,7+,8-,10-,11-,12?/m1/s1. The number of rotatable bonds is 6. The van der Waals surface area contributed by atoms with E-state index in [-0.39, 0.29) is 0 Å². The minimum Gasteiger partial charge on any atom is -0.391 e. The molecule has 0 aliphatic carbocycles. The first-order valence-corrected chi connectivity index (χ1v) is 6.60. The normalized spacial score (nSPS) is 36.0. The van der Waals surface area contributed by atoms with Crippen molar-refractivity contribution in [3.8, 4) is 0 Å². The lowest BCUT2D eigenvalue weighted by molar-refractivity contribution is -0.245. The zero-order valence-corrected chi connectivity index (χ0v) is 12.1. The molecule has 0 radical (unpaired) electrons. The molecule has 21 heavy (non-hydrogen) atoms. The van der Waals surface area contributed by atoms with E-state index in [1.165, 1.54) is 13.8 Å². The molecule has 9 nitrogen and oxygen atoms in total. The molecule has 7 atom stereocenters. The molecule has 1 heterocycles. The van der Waals surface area contributed by atoms with Gasteiger partial charge >= 0.3 is 0 Å². The van der Waals surface area contributed by atoms with Gasteiger partial charge in [0.1, 0.15) is 24.3 Å². The lowest BCUT2D eigenvalue weighted by Crippen LogP contribution is -2.67.